The quantitative estimate of drug-likeness (QED) is 0.212. The number of allylic oxidation sites excluding steroid dienone is 1. The summed E-state index contributed by atoms with van der Waals surface area (Å²) in [6.45, 7) is 12.8. The van der Waals surface area contributed by atoms with Crippen molar-refractivity contribution in [3.8, 4) is 0 Å². The van der Waals surface area contributed by atoms with Gasteiger partial charge in [0.25, 0.3) is 0 Å². The number of hydrogen-bond donors (Lipinski definition) is 1. The zero-order valence-electron chi connectivity index (χ0n) is 22.4. The van der Waals surface area contributed by atoms with E-state index in [9.17, 15) is 0 Å². The van der Waals surface area contributed by atoms with Crippen molar-refractivity contribution in [2.45, 2.75) is 131 Å². The lowest BCUT2D eigenvalue weighted by Gasteiger charge is -2.42. The minimum atomic E-state index is 0.272. The van der Waals surface area contributed by atoms with Crippen LogP contribution in [0, 0.1) is 10.8 Å². The highest BCUT2D eigenvalue weighted by Gasteiger charge is 2.36. The van der Waals surface area contributed by atoms with Crippen LogP contribution in [0.4, 0.5) is 0 Å². The van der Waals surface area contributed by atoms with E-state index in [2.05, 4.69) is 71.0 Å². The fourth-order valence-corrected chi connectivity index (χ4v) is 4.51. The molecule has 0 aliphatic carbocycles. The molecule has 0 saturated heterocycles. The normalized spacial score (nSPS) is 12.7. The Morgan fingerprint density at radius 3 is 1.81 bits per heavy atom. The van der Waals surface area contributed by atoms with Gasteiger partial charge in [0.15, 0.2) is 0 Å². The first-order valence-corrected chi connectivity index (χ1v) is 13.8. The van der Waals surface area contributed by atoms with Crippen LogP contribution in [0.25, 0.3) is 6.08 Å². The Bertz CT molecular complexity index is 593. The van der Waals surface area contributed by atoms with Gasteiger partial charge in [-0.05, 0) is 60.6 Å². The van der Waals surface area contributed by atoms with Crippen molar-refractivity contribution < 1.29 is 0 Å². The lowest BCUT2D eigenvalue weighted by atomic mass is 9.63. The molecule has 1 nitrogen and oxygen atoms in total. The molecule has 0 amide bonds. The van der Waals surface area contributed by atoms with Crippen LogP contribution in [-0.4, -0.2) is 6.54 Å². The lowest BCUT2D eigenvalue weighted by Crippen LogP contribution is -2.34. The molecule has 1 aromatic rings. The van der Waals surface area contributed by atoms with E-state index in [1.807, 2.05) is 0 Å². The fourth-order valence-electron chi connectivity index (χ4n) is 4.51. The van der Waals surface area contributed by atoms with E-state index in [1.54, 1.807) is 0 Å². The first-order chi connectivity index (χ1) is 15.3. The first kappa shape index (κ1) is 29.0. The van der Waals surface area contributed by atoms with Crippen LogP contribution in [0.15, 0.2) is 30.3 Å². The zero-order valence-corrected chi connectivity index (χ0v) is 22.4. The van der Waals surface area contributed by atoms with Gasteiger partial charge >= 0.3 is 0 Å². The molecule has 0 unspecified atom stereocenters. The number of nitrogens with two attached hydrogens (primary N) is 1. The summed E-state index contributed by atoms with van der Waals surface area (Å²) in [7, 11) is 0. The highest BCUT2D eigenvalue weighted by atomic mass is 14.5. The molecule has 32 heavy (non-hydrogen) atoms. The van der Waals surface area contributed by atoms with Crippen LogP contribution < -0.4 is 5.73 Å². The summed E-state index contributed by atoms with van der Waals surface area (Å²) in [6, 6.07) is 9.25. The molecule has 0 atom stereocenters. The second kappa shape index (κ2) is 16.5. The van der Waals surface area contributed by atoms with Crippen LogP contribution in [0.1, 0.15) is 136 Å². The van der Waals surface area contributed by atoms with Crippen molar-refractivity contribution in [2.75, 3.05) is 6.54 Å². The van der Waals surface area contributed by atoms with Gasteiger partial charge in [0.1, 0.15) is 0 Å². The largest absolute Gasteiger partial charge is 0.330 e. The van der Waals surface area contributed by atoms with Gasteiger partial charge in [-0.2, -0.15) is 0 Å². The standard InChI is InChI=1S/C31H55N/c1-6-7-8-9-10-11-12-13-14-15-16-17-20-28-21-23-29(24-22-28)27-31(4,5)30(2,3)25-18-19-26-32/h17,20-24H,6-16,18-19,25-27,32H2,1-5H3/b20-17+. The number of hydrogen-bond acceptors (Lipinski definition) is 1. The summed E-state index contributed by atoms with van der Waals surface area (Å²) in [5, 5.41) is 0. The summed E-state index contributed by atoms with van der Waals surface area (Å²) in [5.74, 6) is 0. The molecule has 0 radical (unpaired) electrons. The third kappa shape index (κ3) is 12.2. The van der Waals surface area contributed by atoms with Gasteiger partial charge in [-0.1, -0.05) is 135 Å². The van der Waals surface area contributed by atoms with E-state index in [0.29, 0.717) is 5.41 Å². The Labute approximate surface area is 201 Å². The van der Waals surface area contributed by atoms with Crippen molar-refractivity contribution in [3.63, 3.8) is 0 Å². The Morgan fingerprint density at radius 1 is 0.688 bits per heavy atom. The number of benzene rings is 1. The minimum Gasteiger partial charge on any atom is -0.330 e. The third-order valence-electron chi connectivity index (χ3n) is 7.75. The van der Waals surface area contributed by atoms with Gasteiger partial charge in [0, 0.05) is 0 Å². The molecule has 0 spiro atoms. The van der Waals surface area contributed by atoms with Gasteiger partial charge in [-0.25, -0.2) is 0 Å². The molecule has 0 heterocycles. The van der Waals surface area contributed by atoms with Gasteiger partial charge < -0.3 is 5.73 Å². The van der Waals surface area contributed by atoms with E-state index in [1.165, 1.54) is 94.6 Å². The fraction of sp³-hybridized carbons (Fsp3) is 0.742. The SMILES string of the molecule is CCCCCCCCCCCC/C=C/c1ccc(CC(C)(C)C(C)(C)CCCCN)cc1. The molecule has 0 bridgehead atoms. The Balaban J connectivity index is 2.27. The molecule has 0 saturated carbocycles. The average Bonchev–Trinajstić information content (AvgIpc) is 2.75. The second-order valence-electron chi connectivity index (χ2n) is 11.3. The van der Waals surface area contributed by atoms with Crippen molar-refractivity contribution in [1.29, 1.82) is 0 Å². The lowest BCUT2D eigenvalue weighted by molar-refractivity contribution is 0.0953. The van der Waals surface area contributed by atoms with Gasteiger partial charge in [0.05, 0.1) is 0 Å². The molecular formula is C31H55N. The third-order valence-corrected chi connectivity index (χ3v) is 7.75. The highest BCUT2D eigenvalue weighted by molar-refractivity contribution is 5.49. The molecule has 0 fully saturated rings. The maximum absolute atomic E-state index is 5.69. The van der Waals surface area contributed by atoms with E-state index < -0.39 is 0 Å². The van der Waals surface area contributed by atoms with Crippen molar-refractivity contribution in [3.05, 3.63) is 41.5 Å². The molecule has 1 aromatic carbocycles. The van der Waals surface area contributed by atoms with Crippen LogP contribution >= 0.6 is 0 Å². The van der Waals surface area contributed by atoms with Crippen LogP contribution in [0.5, 0.6) is 0 Å². The second-order valence-corrected chi connectivity index (χ2v) is 11.3. The van der Waals surface area contributed by atoms with Crippen LogP contribution in [-0.2, 0) is 6.42 Å². The van der Waals surface area contributed by atoms with Crippen LogP contribution in [0.2, 0.25) is 0 Å². The van der Waals surface area contributed by atoms with E-state index in [-0.39, 0.29) is 5.41 Å². The summed E-state index contributed by atoms with van der Waals surface area (Å²) in [5.41, 5.74) is 9.07. The Hall–Kier alpha value is -1.08. The van der Waals surface area contributed by atoms with E-state index in [4.69, 9.17) is 5.73 Å². The molecular weight excluding hydrogens is 386 g/mol. The monoisotopic (exact) mass is 441 g/mol. The zero-order chi connectivity index (χ0) is 23.7. The van der Waals surface area contributed by atoms with Crippen molar-refractivity contribution in [2.24, 2.45) is 16.6 Å². The maximum atomic E-state index is 5.69. The molecule has 1 rings (SSSR count). The maximum Gasteiger partial charge on any atom is -0.00773 e. The Morgan fingerprint density at radius 2 is 1.25 bits per heavy atom. The van der Waals surface area contributed by atoms with Crippen molar-refractivity contribution >= 4 is 6.08 Å². The van der Waals surface area contributed by atoms with Crippen LogP contribution in [0.3, 0.4) is 0 Å². The summed E-state index contributed by atoms with van der Waals surface area (Å²) in [4.78, 5) is 0. The van der Waals surface area contributed by atoms with Gasteiger partial charge in [-0.3, -0.25) is 0 Å². The predicted octanol–water partition coefficient (Wildman–Crippen LogP) is 9.73. The van der Waals surface area contributed by atoms with Crippen molar-refractivity contribution in [1.82, 2.24) is 0 Å². The first-order valence-electron chi connectivity index (χ1n) is 13.8. The molecule has 0 aliphatic heterocycles. The highest BCUT2D eigenvalue weighted by Crippen LogP contribution is 2.44. The smallest absolute Gasteiger partial charge is 0.00773 e. The minimum absolute atomic E-state index is 0.272. The number of rotatable bonds is 19. The van der Waals surface area contributed by atoms with Gasteiger partial charge in [-0.15, -0.1) is 0 Å². The molecule has 1 heteroatoms. The van der Waals surface area contributed by atoms with Gasteiger partial charge in [0.2, 0.25) is 0 Å². The summed E-state index contributed by atoms with van der Waals surface area (Å²) in [6.07, 6.45) is 24.7. The van der Waals surface area contributed by atoms with E-state index in [0.717, 1.165) is 19.4 Å². The number of unbranched alkanes of at least 4 members (excludes halogenated alkanes) is 11. The summed E-state index contributed by atoms with van der Waals surface area (Å²) >= 11 is 0. The molecule has 0 aliphatic rings. The predicted molar refractivity (Wildman–Crippen MR) is 146 cm³/mol. The molecule has 2 N–H and O–H groups in total. The summed E-state index contributed by atoms with van der Waals surface area (Å²) < 4.78 is 0. The topological polar surface area (TPSA) is 26.0 Å². The average molecular weight is 442 g/mol. The van der Waals surface area contributed by atoms with E-state index >= 15 is 0 Å². The molecule has 184 valence electrons. The molecule has 0 aromatic heterocycles. The Kier molecular flexibility index (Phi) is 14.9.